The number of thiol groups is 2. The van der Waals surface area contributed by atoms with Crippen LogP contribution >= 0.6 is 25.3 Å². The first-order valence-electron chi connectivity index (χ1n) is 2.90. The van der Waals surface area contributed by atoms with Crippen LogP contribution in [0, 0.1) is 0 Å². The Kier molecular flexibility index (Phi) is 5.87. The maximum atomic E-state index is 10.6. The van der Waals surface area contributed by atoms with Gasteiger partial charge in [0.1, 0.15) is 0 Å². The smallest absolute Gasteiger partial charge is 0.203 e. The molecule has 0 heterocycles. The fourth-order valence-corrected chi connectivity index (χ4v) is 1.08. The Balaban J connectivity index is 3.60. The van der Waals surface area contributed by atoms with Crippen molar-refractivity contribution in [1.82, 2.24) is 5.32 Å². The highest BCUT2D eigenvalue weighted by molar-refractivity contribution is 7.96. The van der Waals surface area contributed by atoms with E-state index in [1.807, 2.05) is 0 Å². The van der Waals surface area contributed by atoms with Crippen molar-refractivity contribution in [3.05, 3.63) is 12.7 Å². The molecule has 0 aliphatic heterocycles. The zero-order valence-electron chi connectivity index (χ0n) is 5.58. The zero-order chi connectivity index (χ0) is 7.98. The van der Waals surface area contributed by atoms with Crippen LogP contribution in [0.15, 0.2) is 12.7 Å². The molecule has 0 spiro atoms. The summed E-state index contributed by atoms with van der Waals surface area (Å²) in [6.45, 7) is 4.11. The molecule has 1 N–H and O–H groups in total. The molecule has 0 radical (unpaired) electrons. The minimum atomic E-state index is -0.260. The molecule has 4 heteroatoms. The van der Waals surface area contributed by atoms with E-state index in [-0.39, 0.29) is 11.2 Å². The number of hydrogen-bond donors (Lipinski definition) is 3. The fourth-order valence-electron chi connectivity index (χ4n) is 0.456. The Morgan fingerprint density at radius 2 is 2.40 bits per heavy atom. The van der Waals surface area contributed by atoms with Gasteiger partial charge in [0.15, 0.2) is 0 Å². The minimum Gasteiger partial charge on any atom is -0.303 e. The number of nitrogens with one attached hydrogen (secondary N) is 1. The summed E-state index contributed by atoms with van der Waals surface area (Å²) in [5.74, 6) is 0.468. The van der Waals surface area contributed by atoms with Gasteiger partial charge in [0.25, 0.3) is 0 Å². The van der Waals surface area contributed by atoms with E-state index >= 15 is 0 Å². The van der Waals surface area contributed by atoms with E-state index in [1.54, 1.807) is 6.08 Å². The monoisotopic (exact) mass is 177 g/mol. The second-order valence-corrected chi connectivity index (χ2v) is 2.58. The molecule has 0 aliphatic rings. The topological polar surface area (TPSA) is 29.1 Å². The molecule has 58 valence electrons. The highest BCUT2D eigenvalue weighted by Crippen LogP contribution is 1.92. The molecule has 0 saturated carbocycles. The van der Waals surface area contributed by atoms with Crippen LogP contribution in [0.25, 0.3) is 0 Å². The van der Waals surface area contributed by atoms with Gasteiger partial charge in [0.05, 0.1) is 6.04 Å². The van der Waals surface area contributed by atoms with Gasteiger partial charge in [-0.15, -0.1) is 19.2 Å². The lowest BCUT2D eigenvalue weighted by atomic mass is 10.4. The third-order valence-corrected chi connectivity index (χ3v) is 1.67. The van der Waals surface area contributed by atoms with Crippen molar-refractivity contribution >= 4 is 30.4 Å². The van der Waals surface area contributed by atoms with Gasteiger partial charge in [-0.1, -0.05) is 6.08 Å². The number of hydrogen-bond acceptors (Lipinski definition) is 3. The van der Waals surface area contributed by atoms with Crippen molar-refractivity contribution in [2.45, 2.75) is 6.04 Å². The summed E-state index contributed by atoms with van der Waals surface area (Å²) < 4.78 is 0. The number of carbonyl (C=O) groups excluding carboxylic acids is 1. The molecular weight excluding hydrogens is 166 g/mol. The van der Waals surface area contributed by atoms with Gasteiger partial charge in [-0.3, -0.25) is 4.79 Å². The Labute approximate surface area is 71.9 Å². The predicted molar refractivity (Wildman–Crippen MR) is 49.8 cm³/mol. The van der Waals surface area contributed by atoms with E-state index in [9.17, 15) is 4.79 Å². The van der Waals surface area contributed by atoms with Crippen LogP contribution in [-0.4, -0.2) is 23.5 Å². The minimum absolute atomic E-state index is 0.183. The van der Waals surface area contributed by atoms with Crippen molar-refractivity contribution < 1.29 is 4.79 Å². The lowest BCUT2D eigenvalue weighted by Crippen LogP contribution is -2.35. The SMILES string of the molecule is C=CCN[C@@H](CS)C(=O)S. The first-order chi connectivity index (χ1) is 4.72. The highest BCUT2D eigenvalue weighted by Gasteiger charge is 2.09. The first kappa shape index (κ1) is 10.1. The Bertz CT molecular complexity index is 127. The van der Waals surface area contributed by atoms with Crippen LogP contribution in [0.1, 0.15) is 0 Å². The highest BCUT2D eigenvalue weighted by atomic mass is 32.1. The molecule has 0 bridgehead atoms. The van der Waals surface area contributed by atoms with E-state index in [0.717, 1.165) is 0 Å². The molecule has 2 nitrogen and oxygen atoms in total. The van der Waals surface area contributed by atoms with Gasteiger partial charge in [-0.25, -0.2) is 0 Å². The van der Waals surface area contributed by atoms with Crippen molar-refractivity contribution in [2.75, 3.05) is 12.3 Å². The number of rotatable bonds is 5. The summed E-state index contributed by atoms with van der Waals surface area (Å²) in [6, 6.07) is -0.260. The Hall–Kier alpha value is 0.0700. The molecule has 0 aromatic heterocycles. The molecule has 1 atom stereocenters. The third-order valence-electron chi connectivity index (χ3n) is 0.989. The standard InChI is InChI=1S/C6H11NOS2/c1-2-3-7-5(4-9)6(8)10/h2,5,7,9H,1,3-4H2,(H,8,10)/t5-/m0/s1. The van der Waals surface area contributed by atoms with E-state index in [1.165, 1.54) is 0 Å². The molecule has 0 aromatic rings. The van der Waals surface area contributed by atoms with Gasteiger partial charge in [-0.2, -0.15) is 12.6 Å². The van der Waals surface area contributed by atoms with Crippen molar-refractivity contribution in [3.8, 4) is 0 Å². The van der Waals surface area contributed by atoms with Crippen molar-refractivity contribution in [2.24, 2.45) is 0 Å². The molecule has 0 rings (SSSR count). The predicted octanol–water partition coefficient (Wildman–Crippen LogP) is 0.517. The number of carbonyl (C=O) groups is 1. The van der Waals surface area contributed by atoms with Crippen LogP contribution in [0.3, 0.4) is 0 Å². The van der Waals surface area contributed by atoms with E-state index in [4.69, 9.17) is 0 Å². The van der Waals surface area contributed by atoms with Gasteiger partial charge >= 0.3 is 0 Å². The summed E-state index contributed by atoms with van der Waals surface area (Å²) >= 11 is 7.62. The molecule has 10 heavy (non-hydrogen) atoms. The van der Waals surface area contributed by atoms with Gasteiger partial charge in [0.2, 0.25) is 5.12 Å². The average molecular weight is 177 g/mol. The molecular formula is C6H11NOS2. The van der Waals surface area contributed by atoms with Gasteiger partial charge in [-0.05, 0) is 0 Å². The lowest BCUT2D eigenvalue weighted by molar-refractivity contribution is -0.112. The van der Waals surface area contributed by atoms with Gasteiger partial charge in [0, 0.05) is 12.3 Å². The molecule has 0 saturated heterocycles. The molecule has 0 aliphatic carbocycles. The molecule has 0 amide bonds. The van der Waals surface area contributed by atoms with E-state index < -0.39 is 0 Å². The molecule has 0 fully saturated rings. The maximum absolute atomic E-state index is 10.6. The van der Waals surface area contributed by atoms with E-state index in [2.05, 4.69) is 37.2 Å². The summed E-state index contributed by atoms with van der Waals surface area (Å²) in [7, 11) is 0. The summed E-state index contributed by atoms with van der Waals surface area (Å²) in [5.41, 5.74) is 0. The van der Waals surface area contributed by atoms with Crippen LogP contribution < -0.4 is 5.32 Å². The van der Waals surface area contributed by atoms with Gasteiger partial charge < -0.3 is 5.32 Å². The van der Waals surface area contributed by atoms with Crippen LogP contribution in [0.4, 0.5) is 0 Å². The second-order valence-electron chi connectivity index (χ2n) is 1.77. The quantitative estimate of drug-likeness (QED) is 0.422. The molecule has 0 aromatic carbocycles. The zero-order valence-corrected chi connectivity index (χ0v) is 7.37. The van der Waals surface area contributed by atoms with Crippen LogP contribution in [0.2, 0.25) is 0 Å². The summed E-state index contributed by atoms with van der Waals surface area (Å²) in [4.78, 5) is 10.6. The lowest BCUT2D eigenvalue weighted by Gasteiger charge is -2.09. The summed E-state index contributed by atoms with van der Waals surface area (Å²) in [6.07, 6.45) is 1.69. The van der Waals surface area contributed by atoms with Crippen LogP contribution in [-0.2, 0) is 4.79 Å². The van der Waals surface area contributed by atoms with Crippen LogP contribution in [0.5, 0.6) is 0 Å². The first-order valence-corrected chi connectivity index (χ1v) is 3.98. The Morgan fingerprint density at radius 1 is 1.80 bits per heavy atom. The maximum Gasteiger partial charge on any atom is 0.203 e. The summed E-state index contributed by atoms with van der Waals surface area (Å²) in [5, 5.41) is 2.71. The third kappa shape index (κ3) is 3.98. The normalized spacial score (nSPS) is 12.6. The average Bonchev–Trinajstić information content (AvgIpc) is 1.89. The second kappa shape index (κ2) is 5.82. The Morgan fingerprint density at radius 3 is 2.70 bits per heavy atom. The molecule has 0 unspecified atom stereocenters. The van der Waals surface area contributed by atoms with E-state index in [0.29, 0.717) is 12.3 Å². The fraction of sp³-hybridized carbons (Fsp3) is 0.500. The van der Waals surface area contributed by atoms with Crippen molar-refractivity contribution in [3.63, 3.8) is 0 Å². The largest absolute Gasteiger partial charge is 0.303 e. The van der Waals surface area contributed by atoms with Crippen molar-refractivity contribution in [1.29, 1.82) is 0 Å².